The summed E-state index contributed by atoms with van der Waals surface area (Å²) in [6.45, 7) is 3.22. The molecule has 0 bridgehead atoms. The van der Waals surface area contributed by atoms with E-state index < -0.39 is 0 Å². The summed E-state index contributed by atoms with van der Waals surface area (Å²) in [6, 6.07) is 2.15. The molecule has 2 heterocycles. The van der Waals surface area contributed by atoms with Crippen molar-refractivity contribution in [2.24, 2.45) is 5.92 Å². The summed E-state index contributed by atoms with van der Waals surface area (Å²) in [5.41, 5.74) is 1.35. The second-order valence-corrected chi connectivity index (χ2v) is 6.36. The maximum Gasteiger partial charge on any atom is 0.236 e. The fourth-order valence-electron chi connectivity index (χ4n) is 2.65. The molecule has 1 fully saturated rings. The lowest BCUT2D eigenvalue weighted by Crippen LogP contribution is -2.42. The first-order valence-corrected chi connectivity index (χ1v) is 7.74. The number of rotatable bonds is 4. The molecule has 0 unspecified atom stereocenters. The number of nitrogens with one attached hydrogen (secondary N) is 1. The van der Waals surface area contributed by atoms with Gasteiger partial charge in [0.25, 0.3) is 0 Å². The van der Waals surface area contributed by atoms with Gasteiger partial charge in [-0.3, -0.25) is 4.79 Å². The van der Waals surface area contributed by atoms with Crippen molar-refractivity contribution < 1.29 is 4.79 Å². The van der Waals surface area contributed by atoms with Crippen LogP contribution in [0.2, 0.25) is 0 Å². The van der Waals surface area contributed by atoms with E-state index in [1.54, 1.807) is 0 Å². The third-order valence-corrected chi connectivity index (χ3v) is 5.12. The lowest BCUT2D eigenvalue weighted by atomic mass is 9.85. The second kappa shape index (κ2) is 5.41. The standard InChI is InChI=1S/C14H20N2OS/c17-14(9-15-8-11-2-1-3-11)16-6-4-13-12(10-16)5-7-18-13/h5,7,11,15H,1-4,6,8-10H2. The van der Waals surface area contributed by atoms with Crippen LogP contribution in [0.1, 0.15) is 29.7 Å². The van der Waals surface area contributed by atoms with Crippen LogP contribution in [-0.4, -0.2) is 30.4 Å². The van der Waals surface area contributed by atoms with Gasteiger partial charge >= 0.3 is 0 Å². The van der Waals surface area contributed by atoms with Gasteiger partial charge in [0, 0.05) is 18.0 Å². The van der Waals surface area contributed by atoms with Gasteiger partial charge in [-0.2, -0.15) is 0 Å². The zero-order valence-electron chi connectivity index (χ0n) is 10.7. The fourth-order valence-corrected chi connectivity index (χ4v) is 3.54. The third-order valence-electron chi connectivity index (χ3n) is 4.09. The highest BCUT2D eigenvalue weighted by Crippen LogP contribution is 2.25. The lowest BCUT2D eigenvalue weighted by molar-refractivity contribution is -0.131. The Hall–Kier alpha value is -0.870. The normalized spacial score (nSPS) is 19.4. The van der Waals surface area contributed by atoms with Gasteiger partial charge in [-0.1, -0.05) is 6.42 Å². The van der Waals surface area contributed by atoms with Gasteiger partial charge in [0.15, 0.2) is 0 Å². The van der Waals surface area contributed by atoms with Crippen molar-refractivity contribution in [3.8, 4) is 0 Å². The van der Waals surface area contributed by atoms with Crippen LogP contribution in [0, 0.1) is 5.92 Å². The minimum atomic E-state index is 0.256. The first kappa shape index (κ1) is 12.2. The molecule has 4 heteroatoms. The van der Waals surface area contributed by atoms with Gasteiger partial charge in [-0.15, -0.1) is 11.3 Å². The number of hydrogen-bond acceptors (Lipinski definition) is 3. The van der Waals surface area contributed by atoms with Crippen LogP contribution in [0.15, 0.2) is 11.4 Å². The van der Waals surface area contributed by atoms with E-state index in [2.05, 4.69) is 16.8 Å². The zero-order chi connectivity index (χ0) is 12.4. The van der Waals surface area contributed by atoms with Crippen LogP contribution < -0.4 is 5.32 Å². The molecule has 1 aliphatic heterocycles. The molecule has 0 saturated heterocycles. The van der Waals surface area contributed by atoms with Crippen molar-refractivity contribution in [2.45, 2.75) is 32.2 Å². The van der Waals surface area contributed by atoms with E-state index in [1.807, 2.05) is 16.2 Å². The summed E-state index contributed by atoms with van der Waals surface area (Å²) in [5.74, 6) is 1.08. The van der Waals surface area contributed by atoms with Crippen molar-refractivity contribution in [3.05, 3.63) is 21.9 Å². The van der Waals surface area contributed by atoms with Gasteiger partial charge in [-0.05, 0) is 48.7 Å². The first-order chi connectivity index (χ1) is 8.83. The SMILES string of the molecule is O=C(CNCC1CCC1)N1CCc2sccc2C1. The Morgan fingerprint density at radius 1 is 1.50 bits per heavy atom. The van der Waals surface area contributed by atoms with E-state index >= 15 is 0 Å². The molecule has 3 nitrogen and oxygen atoms in total. The molecule has 1 aromatic rings. The Balaban J connectivity index is 1.45. The topological polar surface area (TPSA) is 32.3 Å². The first-order valence-electron chi connectivity index (χ1n) is 6.86. The van der Waals surface area contributed by atoms with E-state index in [-0.39, 0.29) is 5.91 Å². The van der Waals surface area contributed by atoms with E-state index in [1.165, 1.54) is 29.7 Å². The van der Waals surface area contributed by atoms with Crippen LogP contribution in [0.5, 0.6) is 0 Å². The van der Waals surface area contributed by atoms with E-state index in [0.29, 0.717) is 6.54 Å². The van der Waals surface area contributed by atoms with Crippen LogP contribution in [0.25, 0.3) is 0 Å². The molecule has 1 aliphatic carbocycles. The van der Waals surface area contributed by atoms with Crippen LogP contribution in [0.3, 0.4) is 0 Å². The smallest absolute Gasteiger partial charge is 0.236 e. The van der Waals surface area contributed by atoms with Gasteiger partial charge in [-0.25, -0.2) is 0 Å². The fraction of sp³-hybridized carbons (Fsp3) is 0.643. The number of hydrogen-bond donors (Lipinski definition) is 1. The van der Waals surface area contributed by atoms with Crippen LogP contribution in [-0.2, 0) is 17.8 Å². The van der Waals surface area contributed by atoms with Crippen molar-refractivity contribution in [1.29, 1.82) is 0 Å². The summed E-state index contributed by atoms with van der Waals surface area (Å²) in [7, 11) is 0. The molecule has 2 aliphatic rings. The minimum absolute atomic E-state index is 0.256. The molecule has 1 aromatic heterocycles. The highest BCUT2D eigenvalue weighted by Gasteiger charge is 2.22. The predicted molar refractivity (Wildman–Crippen MR) is 73.7 cm³/mol. The molecule has 18 heavy (non-hydrogen) atoms. The molecule has 98 valence electrons. The van der Waals surface area contributed by atoms with Crippen molar-refractivity contribution in [1.82, 2.24) is 10.2 Å². The molecule has 0 spiro atoms. The third kappa shape index (κ3) is 2.59. The summed E-state index contributed by atoms with van der Waals surface area (Å²) in [5, 5.41) is 5.45. The molecule has 1 amide bonds. The van der Waals surface area contributed by atoms with Crippen molar-refractivity contribution in [3.63, 3.8) is 0 Å². The quantitative estimate of drug-likeness (QED) is 0.902. The number of carbonyl (C=O) groups excluding carboxylic acids is 1. The molecule has 0 radical (unpaired) electrons. The largest absolute Gasteiger partial charge is 0.337 e. The molecule has 0 aromatic carbocycles. The maximum atomic E-state index is 12.1. The number of fused-ring (bicyclic) bond motifs is 1. The zero-order valence-corrected chi connectivity index (χ0v) is 11.5. The average molecular weight is 264 g/mol. The number of thiophene rings is 1. The van der Waals surface area contributed by atoms with Crippen LogP contribution in [0.4, 0.5) is 0 Å². The number of carbonyl (C=O) groups is 1. The second-order valence-electron chi connectivity index (χ2n) is 5.36. The lowest BCUT2D eigenvalue weighted by Gasteiger charge is -2.28. The Labute approximate surface area is 112 Å². The van der Waals surface area contributed by atoms with E-state index in [9.17, 15) is 4.79 Å². The Morgan fingerprint density at radius 3 is 3.17 bits per heavy atom. The number of amides is 1. The van der Waals surface area contributed by atoms with Gasteiger partial charge < -0.3 is 10.2 Å². The molecular weight excluding hydrogens is 244 g/mol. The predicted octanol–water partition coefficient (Wildman–Crippen LogP) is 2.02. The van der Waals surface area contributed by atoms with Gasteiger partial charge in [0.1, 0.15) is 0 Å². The Bertz CT molecular complexity index is 425. The average Bonchev–Trinajstić information content (AvgIpc) is 2.79. The maximum absolute atomic E-state index is 12.1. The van der Waals surface area contributed by atoms with E-state index in [0.717, 1.165) is 32.0 Å². The minimum Gasteiger partial charge on any atom is -0.337 e. The van der Waals surface area contributed by atoms with Gasteiger partial charge in [0.2, 0.25) is 5.91 Å². The molecule has 0 atom stereocenters. The van der Waals surface area contributed by atoms with Crippen molar-refractivity contribution in [2.75, 3.05) is 19.6 Å². The van der Waals surface area contributed by atoms with Gasteiger partial charge in [0.05, 0.1) is 6.54 Å². The highest BCUT2D eigenvalue weighted by atomic mass is 32.1. The summed E-state index contributed by atoms with van der Waals surface area (Å²) < 4.78 is 0. The molecular formula is C14H20N2OS. The Morgan fingerprint density at radius 2 is 2.39 bits per heavy atom. The monoisotopic (exact) mass is 264 g/mol. The van der Waals surface area contributed by atoms with Crippen LogP contribution >= 0.6 is 11.3 Å². The highest BCUT2D eigenvalue weighted by molar-refractivity contribution is 7.10. The van der Waals surface area contributed by atoms with E-state index in [4.69, 9.17) is 0 Å². The van der Waals surface area contributed by atoms with Crippen molar-refractivity contribution >= 4 is 17.2 Å². The summed E-state index contributed by atoms with van der Waals surface area (Å²) in [6.07, 6.45) is 5.07. The molecule has 1 N–H and O–H groups in total. The summed E-state index contributed by atoms with van der Waals surface area (Å²) in [4.78, 5) is 15.5. The molecule has 1 saturated carbocycles. The number of nitrogens with zero attached hydrogens (tertiary/aromatic N) is 1. The summed E-state index contributed by atoms with van der Waals surface area (Å²) >= 11 is 1.82. The molecule has 3 rings (SSSR count). The Kier molecular flexibility index (Phi) is 3.66.